The first-order valence-corrected chi connectivity index (χ1v) is 10.5. The standard InChI is InChI=1S/C19H23ClN4O4S/c1-4-11(2)29-19-21-16-15(17(26)22-18(27)23(16)3)24(19)9-13(25)10-28-14-7-5-12(20)6-8-14/h5-8,11,13,25H,4,9-10H2,1-3H3,(H,22,26,27)/t11-,13+/m0/s1. The third-order valence-corrected chi connectivity index (χ3v) is 6.01. The average molecular weight is 439 g/mol. The summed E-state index contributed by atoms with van der Waals surface area (Å²) in [6, 6.07) is 6.83. The number of benzene rings is 1. The number of hydrogen-bond donors (Lipinski definition) is 2. The van der Waals surface area contributed by atoms with Crippen LogP contribution in [0.5, 0.6) is 5.75 Å². The largest absolute Gasteiger partial charge is 0.491 e. The summed E-state index contributed by atoms with van der Waals surface area (Å²) >= 11 is 7.35. The van der Waals surface area contributed by atoms with Crippen molar-refractivity contribution in [3.8, 4) is 5.75 Å². The number of nitrogens with zero attached hydrogens (tertiary/aromatic N) is 3. The molecule has 0 bridgehead atoms. The lowest BCUT2D eigenvalue weighted by Crippen LogP contribution is -2.30. The molecule has 2 N–H and O–H groups in total. The number of aryl methyl sites for hydroxylation is 1. The third-order valence-electron chi connectivity index (χ3n) is 4.50. The molecule has 0 saturated carbocycles. The molecule has 3 rings (SSSR count). The number of imidazole rings is 1. The molecule has 0 spiro atoms. The zero-order valence-corrected chi connectivity index (χ0v) is 18.0. The van der Waals surface area contributed by atoms with E-state index in [0.717, 1.165) is 6.42 Å². The number of aromatic nitrogens is 4. The molecule has 0 aliphatic rings. The fourth-order valence-electron chi connectivity index (χ4n) is 2.72. The predicted octanol–water partition coefficient (Wildman–Crippen LogP) is 2.41. The van der Waals surface area contributed by atoms with Crippen molar-refractivity contribution in [3.05, 3.63) is 50.1 Å². The van der Waals surface area contributed by atoms with Gasteiger partial charge in [0.15, 0.2) is 16.3 Å². The van der Waals surface area contributed by atoms with Crippen molar-refractivity contribution in [1.29, 1.82) is 0 Å². The second-order valence-corrected chi connectivity index (χ2v) is 8.59. The number of aliphatic hydroxyl groups is 1. The van der Waals surface area contributed by atoms with Gasteiger partial charge in [0.2, 0.25) is 0 Å². The van der Waals surface area contributed by atoms with Crippen LogP contribution in [0.25, 0.3) is 11.2 Å². The van der Waals surface area contributed by atoms with E-state index < -0.39 is 17.4 Å². The van der Waals surface area contributed by atoms with E-state index in [9.17, 15) is 14.7 Å². The number of H-pyrrole nitrogens is 1. The summed E-state index contributed by atoms with van der Waals surface area (Å²) in [6.45, 7) is 4.24. The van der Waals surface area contributed by atoms with E-state index in [4.69, 9.17) is 16.3 Å². The summed E-state index contributed by atoms with van der Waals surface area (Å²) in [6.07, 6.45) is 0.0155. The number of aromatic amines is 1. The van der Waals surface area contributed by atoms with Crippen molar-refractivity contribution in [2.45, 2.75) is 43.3 Å². The van der Waals surface area contributed by atoms with Gasteiger partial charge in [-0.15, -0.1) is 0 Å². The smallest absolute Gasteiger partial charge is 0.329 e. The zero-order chi connectivity index (χ0) is 21.1. The minimum Gasteiger partial charge on any atom is -0.491 e. The first-order valence-electron chi connectivity index (χ1n) is 9.22. The average Bonchev–Trinajstić information content (AvgIpc) is 3.04. The normalized spacial score (nSPS) is 13.6. The number of nitrogens with one attached hydrogen (secondary N) is 1. The quantitative estimate of drug-likeness (QED) is 0.523. The van der Waals surface area contributed by atoms with Gasteiger partial charge in [-0.2, -0.15) is 0 Å². The molecule has 0 radical (unpaired) electrons. The molecule has 0 saturated heterocycles. The summed E-state index contributed by atoms with van der Waals surface area (Å²) in [5.74, 6) is 0.582. The maximum atomic E-state index is 12.5. The number of hydrogen-bond acceptors (Lipinski definition) is 6. The lowest BCUT2D eigenvalue weighted by Gasteiger charge is -2.16. The van der Waals surface area contributed by atoms with Crippen LogP contribution in [-0.4, -0.2) is 42.2 Å². The van der Waals surface area contributed by atoms with Crippen LogP contribution in [0.2, 0.25) is 5.02 Å². The highest BCUT2D eigenvalue weighted by Gasteiger charge is 2.21. The summed E-state index contributed by atoms with van der Waals surface area (Å²) in [5, 5.41) is 12.0. The van der Waals surface area contributed by atoms with Crippen molar-refractivity contribution in [2.24, 2.45) is 7.05 Å². The second kappa shape index (κ2) is 9.06. The molecule has 2 aromatic heterocycles. The first-order chi connectivity index (χ1) is 13.8. The van der Waals surface area contributed by atoms with Gasteiger partial charge in [-0.25, -0.2) is 9.78 Å². The van der Waals surface area contributed by atoms with Crippen LogP contribution in [0.4, 0.5) is 0 Å². The number of fused-ring (bicyclic) bond motifs is 1. The van der Waals surface area contributed by atoms with Gasteiger partial charge in [-0.1, -0.05) is 37.2 Å². The monoisotopic (exact) mass is 438 g/mol. The summed E-state index contributed by atoms with van der Waals surface area (Å²) in [5.41, 5.74) is -0.518. The van der Waals surface area contributed by atoms with Crippen LogP contribution >= 0.6 is 23.4 Å². The van der Waals surface area contributed by atoms with Crippen LogP contribution in [0.1, 0.15) is 20.3 Å². The van der Waals surface area contributed by atoms with Crippen LogP contribution in [-0.2, 0) is 13.6 Å². The Morgan fingerprint density at radius 1 is 1.31 bits per heavy atom. The molecular formula is C19H23ClN4O4S. The molecule has 0 fully saturated rings. The lowest BCUT2D eigenvalue weighted by molar-refractivity contribution is 0.0914. The Morgan fingerprint density at radius 3 is 2.66 bits per heavy atom. The van der Waals surface area contributed by atoms with Crippen LogP contribution < -0.4 is 16.0 Å². The van der Waals surface area contributed by atoms with Gasteiger partial charge in [-0.05, 0) is 30.7 Å². The zero-order valence-electron chi connectivity index (χ0n) is 16.4. The van der Waals surface area contributed by atoms with Crippen molar-refractivity contribution in [1.82, 2.24) is 19.1 Å². The summed E-state index contributed by atoms with van der Waals surface area (Å²) in [7, 11) is 1.55. The van der Waals surface area contributed by atoms with Crippen LogP contribution in [0.15, 0.2) is 39.0 Å². The van der Waals surface area contributed by atoms with Gasteiger partial charge in [0.1, 0.15) is 18.5 Å². The molecule has 0 aliphatic heterocycles. The molecular weight excluding hydrogens is 416 g/mol. The molecule has 29 heavy (non-hydrogen) atoms. The van der Waals surface area contributed by atoms with Crippen molar-refractivity contribution >= 4 is 34.5 Å². The fourth-order valence-corrected chi connectivity index (χ4v) is 3.81. The number of halogens is 1. The second-order valence-electron chi connectivity index (χ2n) is 6.75. The number of aliphatic hydroxyl groups excluding tert-OH is 1. The molecule has 10 heteroatoms. The number of ether oxygens (including phenoxy) is 1. The Kier molecular flexibility index (Phi) is 6.71. The van der Waals surface area contributed by atoms with Gasteiger partial charge < -0.3 is 14.4 Å². The molecule has 1 aromatic carbocycles. The predicted molar refractivity (Wildman–Crippen MR) is 114 cm³/mol. The molecule has 2 heterocycles. The Labute approximate surface area is 176 Å². The van der Waals surface area contributed by atoms with E-state index in [1.165, 1.54) is 16.3 Å². The van der Waals surface area contributed by atoms with Gasteiger partial charge in [0.05, 0.1) is 6.54 Å². The molecule has 3 aromatic rings. The van der Waals surface area contributed by atoms with Crippen LogP contribution in [0.3, 0.4) is 0 Å². The van der Waals surface area contributed by atoms with Crippen LogP contribution in [0, 0.1) is 0 Å². The Morgan fingerprint density at radius 2 is 2.00 bits per heavy atom. The fraction of sp³-hybridized carbons (Fsp3) is 0.421. The van der Waals surface area contributed by atoms with Gasteiger partial charge in [0, 0.05) is 17.3 Å². The first kappa shape index (κ1) is 21.5. The Bertz CT molecular complexity index is 1110. The highest BCUT2D eigenvalue weighted by atomic mass is 35.5. The minimum absolute atomic E-state index is 0.0262. The van der Waals surface area contributed by atoms with E-state index >= 15 is 0 Å². The van der Waals surface area contributed by atoms with E-state index in [1.54, 1.807) is 35.9 Å². The number of rotatable bonds is 8. The third kappa shape index (κ3) is 4.85. The molecule has 2 atom stereocenters. The lowest BCUT2D eigenvalue weighted by atomic mass is 10.3. The summed E-state index contributed by atoms with van der Waals surface area (Å²) < 4.78 is 8.56. The topological polar surface area (TPSA) is 102 Å². The molecule has 156 valence electrons. The van der Waals surface area contributed by atoms with Crippen molar-refractivity contribution < 1.29 is 9.84 Å². The van der Waals surface area contributed by atoms with Gasteiger partial charge in [0.25, 0.3) is 5.56 Å². The highest BCUT2D eigenvalue weighted by Crippen LogP contribution is 2.27. The van der Waals surface area contributed by atoms with Gasteiger partial charge >= 0.3 is 5.69 Å². The molecule has 0 aliphatic carbocycles. The van der Waals surface area contributed by atoms with E-state index in [0.29, 0.717) is 15.9 Å². The Hall–Kier alpha value is -2.23. The molecule has 0 unspecified atom stereocenters. The van der Waals surface area contributed by atoms with E-state index in [2.05, 4.69) is 23.8 Å². The van der Waals surface area contributed by atoms with E-state index in [-0.39, 0.29) is 29.6 Å². The minimum atomic E-state index is -0.893. The number of thioether (sulfide) groups is 1. The maximum Gasteiger partial charge on any atom is 0.329 e. The highest BCUT2D eigenvalue weighted by molar-refractivity contribution is 7.99. The molecule has 8 nitrogen and oxygen atoms in total. The van der Waals surface area contributed by atoms with Crippen molar-refractivity contribution in [3.63, 3.8) is 0 Å². The van der Waals surface area contributed by atoms with E-state index in [1.807, 2.05) is 0 Å². The molecule has 0 amide bonds. The Balaban J connectivity index is 1.90. The SMILES string of the molecule is CC[C@H](C)Sc1nc2c(c(=O)[nH]c(=O)n2C)n1C[C@@H](O)COc1ccc(Cl)cc1. The van der Waals surface area contributed by atoms with Crippen molar-refractivity contribution in [2.75, 3.05) is 6.61 Å². The van der Waals surface area contributed by atoms with Gasteiger partial charge in [-0.3, -0.25) is 14.3 Å². The maximum absolute atomic E-state index is 12.5. The summed E-state index contributed by atoms with van der Waals surface area (Å²) in [4.78, 5) is 31.2.